The van der Waals surface area contributed by atoms with Crippen LogP contribution in [0.15, 0.2) is 28.9 Å². The van der Waals surface area contributed by atoms with Gasteiger partial charge in [-0.2, -0.15) is 0 Å². The van der Waals surface area contributed by atoms with Crippen molar-refractivity contribution in [2.24, 2.45) is 5.16 Å². The van der Waals surface area contributed by atoms with E-state index >= 15 is 0 Å². The van der Waals surface area contributed by atoms with E-state index in [-0.39, 0.29) is 5.91 Å². The smallest absolute Gasteiger partial charge is 0.272 e. The topological polar surface area (TPSA) is 72.8 Å². The van der Waals surface area contributed by atoms with Crippen LogP contribution in [0.5, 0.6) is 5.75 Å². The molecule has 1 N–H and O–H groups in total. The van der Waals surface area contributed by atoms with Crippen LogP contribution < -0.4 is 10.1 Å². The highest BCUT2D eigenvalue weighted by Gasteiger charge is 2.26. The van der Waals surface area contributed by atoms with Crippen molar-refractivity contribution in [1.82, 2.24) is 10.3 Å². The minimum Gasteiger partial charge on any atom is -0.470 e. The number of nitrogens with one attached hydrogen (secondary N) is 1. The highest BCUT2D eigenvalue weighted by molar-refractivity contribution is 7.99. The van der Waals surface area contributed by atoms with Gasteiger partial charge in [0.15, 0.2) is 0 Å². The molecule has 23 heavy (non-hydrogen) atoms. The molecule has 0 spiro atoms. The molecule has 0 bridgehead atoms. The van der Waals surface area contributed by atoms with Crippen LogP contribution in [0, 0.1) is 0 Å². The third-order valence-electron chi connectivity index (χ3n) is 2.90. The number of hydrogen-bond donors (Lipinski definition) is 1. The summed E-state index contributed by atoms with van der Waals surface area (Å²) in [4.78, 5) is 21.3. The zero-order valence-electron chi connectivity index (χ0n) is 13.4. The van der Waals surface area contributed by atoms with Crippen molar-refractivity contribution < 1.29 is 14.4 Å². The van der Waals surface area contributed by atoms with Crippen LogP contribution in [-0.2, 0) is 9.63 Å². The highest BCUT2D eigenvalue weighted by Crippen LogP contribution is 2.25. The Morgan fingerprint density at radius 3 is 3.00 bits per heavy atom. The van der Waals surface area contributed by atoms with Crippen LogP contribution in [0.1, 0.15) is 13.8 Å². The summed E-state index contributed by atoms with van der Waals surface area (Å²) in [5.41, 5.74) is 1.41. The summed E-state index contributed by atoms with van der Waals surface area (Å²) >= 11 is 2.86. The maximum Gasteiger partial charge on any atom is 0.272 e. The first-order valence-corrected chi connectivity index (χ1v) is 9.04. The van der Waals surface area contributed by atoms with Crippen molar-refractivity contribution >= 4 is 45.4 Å². The van der Waals surface area contributed by atoms with Gasteiger partial charge in [0, 0.05) is 0 Å². The number of oxime groups is 1. The van der Waals surface area contributed by atoms with Crippen LogP contribution >= 0.6 is 23.1 Å². The van der Waals surface area contributed by atoms with E-state index in [0.717, 1.165) is 10.2 Å². The van der Waals surface area contributed by atoms with Crippen molar-refractivity contribution in [2.45, 2.75) is 24.8 Å². The van der Waals surface area contributed by atoms with Gasteiger partial charge < -0.3 is 14.9 Å². The molecule has 1 unspecified atom stereocenters. The quantitative estimate of drug-likeness (QED) is 0.471. The Balaban J connectivity index is 2.06. The minimum absolute atomic E-state index is 0.227. The van der Waals surface area contributed by atoms with Gasteiger partial charge in [0.1, 0.15) is 12.9 Å². The molecule has 0 aliphatic heterocycles. The van der Waals surface area contributed by atoms with Crippen LogP contribution in [0.2, 0.25) is 0 Å². The number of aromatic nitrogens is 1. The van der Waals surface area contributed by atoms with E-state index in [1.54, 1.807) is 5.51 Å². The van der Waals surface area contributed by atoms with Gasteiger partial charge in [0.25, 0.3) is 5.91 Å². The molecular weight excluding hydrogens is 334 g/mol. The number of carbonyl (C=O) groups is 1. The minimum atomic E-state index is -0.657. The molecule has 124 valence electrons. The van der Waals surface area contributed by atoms with Crippen molar-refractivity contribution in [3.63, 3.8) is 0 Å². The zero-order valence-corrected chi connectivity index (χ0v) is 15.0. The second-order valence-corrected chi connectivity index (χ2v) is 7.08. The Labute approximate surface area is 143 Å². The van der Waals surface area contributed by atoms with Gasteiger partial charge in [-0.3, -0.25) is 4.79 Å². The Morgan fingerprint density at radius 1 is 1.52 bits per heavy atom. The molecular formula is C15H19N3O3S2. The molecule has 8 heteroatoms. The summed E-state index contributed by atoms with van der Waals surface area (Å²) in [5, 5.41) is 6.57. The number of hydrogen-bond acceptors (Lipinski definition) is 7. The number of carbonyl (C=O) groups excluding carboxylic acids is 1. The van der Waals surface area contributed by atoms with Gasteiger partial charge in [-0.15, -0.1) is 23.1 Å². The van der Waals surface area contributed by atoms with E-state index in [2.05, 4.69) is 20.3 Å². The molecule has 1 aromatic carbocycles. The summed E-state index contributed by atoms with van der Waals surface area (Å²) in [5.74, 6) is 0.411. The van der Waals surface area contributed by atoms with E-state index in [0.29, 0.717) is 5.75 Å². The molecule has 1 heterocycles. The van der Waals surface area contributed by atoms with E-state index in [4.69, 9.17) is 4.74 Å². The van der Waals surface area contributed by atoms with Crippen LogP contribution in [-0.4, -0.2) is 41.4 Å². The second-order valence-electron chi connectivity index (χ2n) is 5.30. The monoisotopic (exact) mass is 353 g/mol. The Bertz CT molecular complexity index is 700. The lowest BCUT2D eigenvalue weighted by Crippen LogP contribution is -2.49. The first kappa shape index (κ1) is 17.6. The third kappa shape index (κ3) is 4.84. The van der Waals surface area contributed by atoms with Crippen LogP contribution in [0.3, 0.4) is 0 Å². The number of amides is 1. The van der Waals surface area contributed by atoms with Crippen LogP contribution in [0.25, 0.3) is 10.2 Å². The molecule has 1 amide bonds. The van der Waals surface area contributed by atoms with E-state index in [1.807, 2.05) is 38.3 Å². The Hall–Kier alpha value is -1.80. The number of ether oxygens (including phenoxy) is 1. The predicted molar refractivity (Wildman–Crippen MR) is 95.3 cm³/mol. The normalized spacial score (nSPS) is 13.2. The summed E-state index contributed by atoms with van der Waals surface area (Å²) in [7, 11) is 1.46. The molecule has 1 atom stereocenters. The zero-order chi connectivity index (χ0) is 16.9. The van der Waals surface area contributed by atoms with Gasteiger partial charge in [-0.05, 0) is 38.3 Å². The van der Waals surface area contributed by atoms with Crippen molar-refractivity contribution in [2.75, 3.05) is 13.4 Å². The molecule has 2 rings (SSSR count). The standard InChI is InChI=1S/C15H19N3O3S2/c1-15(2,8-17-20-3)18-13(19)14(22-4)21-10-5-6-11-12(7-10)23-9-16-11/h5-9,14H,1-4H3,(H,18,19)/b17-8+. The van der Waals surface area contributed by atoms with E-state index in [9.17, 15) is 4.79 Å². The molecule has 0 aliphatic rings. The summed E-state index contributed by atoms with van der Waals surface area (Å²) in [6.07, 6.45) is 3.36. The number of benzene rings is 1. The van der Waals surface area contributed by atoms with Crippen molar-refractivity contribution in [3.05, 3.63) is 23.7 Å². The summed E-state index contributed by atoms with van der Waals surface area (Å²) in [6, 6.07) is 5.59. The number of thiazole rings is 1. The maximum atomic E-state index is 12.4. The maximum absolute atomic E-state index is 12.4. The van der Waals surface area contributed by atoms with E-state index < -0.39 is 11.0 Å². The number of fused-ring (bicyclic) bond motifs is 1. The molecule has 0 aliphatic carbocycles. The fourth-order valence-corrected chi connectivity index (χ4v) is 3.02. The number of thioether (sulfide) groups is 1. The van der Waals surface area contributed by atoms with Gasteiger partial charge in [0.2, 0.25) is 5.44 Å². The Kier molecular flexibility index (Phi) is 5.84. The van der Waals surface area contributed by atoms with Crippen molar-refractivity contribution in [1.29, 1.82) is 0 Å². The first-order valence-electron chi connectivity index (χ1n) is 6.87. The van der Waals surface area contributed by atoms with Gasteiger partial charge in [-0.1, -0.05) is 5.16 Å². The number of rotatable bonds is 7. The van der Waals surface area contributed by atoms with E-state index in [1.165, 1.54) is 36.4 Å². The largest absolute Gasteiger partial charge is 0.470 e. The molecule has 6 nitrogen and oxygen atoms in total. The van der Waals surface area contributed by atoms with Gasteiger partial charge in [0.05, 0.1) is 27.5 Å². The predicted octanol–water partition coefficient (Wildman–Crippen LogP) is 2.89. The fraction of sp³-hybridized carbons (Fsp3) is 0.400. The average Bonchev–Trinajstić information content (AvgIpc) is 2.97. The molecule has 1 aromatic heterocycles. The fourth-order valence-electron chi connectivity index (χ4n) is 1.83. The SMILES string of the molecule is CO/N=C/C(C)(C)NC(=O)C(Oc1ccc2ncsc2c1)SC. The lowest BCUT2D eigenvalue weighted by Gasteiger charge is -2.24. The molecule has 0 saturated heterocycles. The summed E-state index contributed by atoms with van der Waals surface area (Å²) in [6.45, 7) is 3.66. The second kappa shape index (κ2) is 7.65. The lowest BCUT2D eigenvalue weighted by molar-refractivity contribution is -0.125. The average molecular weight is 353 g/mol. The third-order valence-corrected chi connectivity index (χ3v) is 4.43. The number of nitrogens with zero attached hydrogens (tertiary/aromatic N) is 2. The van der Waals surface area contributed by atoms with Crippen LogP contribution in [0.4, 0.5) is 0 Å². The lowest BCUT2D eigenvalue weighted by atomic mass is 10.1. The molecule has 0 radical (unpaired) electrons. The van der Waals surface area contributed by atoms with Gasteiger partial charge >= 0.3 is 0 Å². The van der Waals surface area contributed by atoms with Crippen molar-refractivity contribution in [3.8, 4) is 5.75 Å². The molecule has 2 aromatic rings. The highest BCUT2D eigenvalue weighted by atomic mass is 32.2. The molecule has 0 saturated carbocycles. The van der Waals surface area contributed by atoms with Gasteiger partial charge in [-0.25, -0.2) is 4.98 Å². The summed E-state index contributed by atoms with van der Waals surface area (Å²) < 4.78 is 6.83. The Morgan fingerprint density at radius 2 is 2.30 bits per heavy atom. The molecule has 0 fully saturated rings. The first-order chi connectivity index (χ1) is 10.9.